The van der Waals surface area contributed by atoms with E-state index in [4.69, 9.17) is 22.1 Å². The summed E-state index contributed by atoms with van der Waals surface area (Å²) in [7, 11) is 0. The number of nitrogens with zero attached hydrogens (tertiary/aromatic N) is 2. The number of benzene rings is 2. The number of hydrogen-bond donors (Lipinski definition) is 3. The third-order valence-corrected chi connectivity index (χ3v) is 4.43. The molecule has 0 aliphatic rings. The van der Waals surface area contributed by atoms with Gasteiger partial charge in [0, 0.05) is 5.56 Å². The molecule has 1 atom stereocenters. The van der Waals surface area contributed by atoms with Crippen molar-refractivity contribution >= 4 is 11.6 Å². The molecule has 0 saturated heterocycles. The Labute approximate surface area is 180 Å². The van der Waals surface area contributed by atoms with Crippen molar-refractivity contribution in [1.82, 2.24) is 4.98 Å². The number of carbonyl (C=O) groups excluding carboxylic acids is 1. The zero-order valence-electron chi connectivity index (χ0n) is 16.3. The highest BCUT2D eigenvalue weighted by atomic mass is 19.4. The van der Waals surface area contributed by atoms with E-state index in [0.717, 1.165) is 6.07 Å². The third kappa shape index (κ3) is 5.03. The first-order chi connectivity index (χ1) is 15.1. The van der Waals surface area contributed by atoms with Crippen molar-refractivity contribution in [2.24, 2.45) is 5.73 Å². The van der Waals surface area contributed by atoms with Crippen LogP contribution in [-0.2, 0) is 6.18 Å². The van der Waals surface area contributed by atoms with Crippen LogP contribution in [0.3, 0.4) is 0 Å². The Morgan fingerprint density at radius 1 is 1.16 bits per heavy atom. The molecule has 164 valence electrons. The number of nitrogens with two attached hydrogens (primary N) is 1. The minimum absolute atomic E-state index is 0.0940. The molecule has 0 aliphatic carbocycles. The van der Waals surface area contributed by atoms with Crippen LogP contribution >= 0.6 is 0 Å². The summed E-state index contributed by atoms with van der Waals surface area (Å²) in [5, 5.41) is 19.1. The highest BCUT2D eigenvalue weighted by Gasteiger charge is 2.34. The van der Waals surface area contributed by atoms with E-state index in [-0.39, 0.29) is 28.4 Å². The summed E-state index contributed by atoms with van der Waals surface area (Å²) in [6, 6.07) is 11.5. The number of ether oxygens (including phenoxy) is 1. The molecule has 1 aromatic heterocycles. The number of pyridine rings is 1. The lowest BCUT2D eigenvalue weighted by Gasteiger charge is -2.15. The van der Waals surface area contributed by atoms with Crippen molar-refractivity contribution in [3.63, 3.8) is 0 Å². The molecule has 0 bridgehead atoms. The second-order valence-electron chi connectivity index (χ2n) is 6.65. The molecule has 0 radical (unpaired) electrons. The quantitative estimate of drug-likeness (QED) is 0.494. The molecular weight excluding hydrogens is 427 g/mol. The predicted molar refractivity (Wildman–Crippen MR) is 108 cm³/mol. The topological polar surface area (TPSA) is 110 Å². The lowest BCUT2D eigenvalue weighted by Crippen LogP contribution is -2.15. The van der Waals surface area contributed by atoms with Gasteiger partial charge in [-0.25, -0.2) is 9.83 Å². The molecule has 2 aromatic carbocycles. The second-order valence-corrected chi connectivity index (χ2v) is 6.65. The Hall–Kier alpha value is -3.94. The van der Waals surface area contributed by atoms with E-state index in [1.54, 1.807) is 0 Å². The zero-order valence-corrected chi connectivity index (χ0v) is 16.3. The first kappa shape index (κ1) is 22.7. The summed E-state index contributed by atoms with van der Waals surface area (Å²) < 4.78 is 45.3. The summed E-state index contributed by atoms with van der Waals surface area (Å²) in [5.74, 6) is -1.20. The van der Waals surface area contributed by atoms with Crippen molar-refractivity contribution in [1.29, 1.82) is 0 Å². The van der Waals surface area contributed by atoms with Gasteiger partial charge in [-0.05, 0) is 54.1 Å². The minimum Gasteiger partial charge on any atom is -0.457 e. The predicted octanol–water partition coefficient (Wildman–Crippen LogP) is 4.24. The van der Waals surface area contributed by atoms with Crippen molar-refractivity contribution in [3.05, 3.63) is 82.8 Å². The van der Waals surface area contributed by atoms with Crippen LogP contribution in [0, 0.1) is 6.57 Å². The Kier molecular flexibility index (Phi) is 6.43. The molecule has 4 N–H and O–H groups in total. The van der Waals surface area contributed by atoms with Crippen LogP contribution in [0.5, 0.6) is 11.5 Å². The molecular formula is C22H16F3N3O4. The molecule has 0 saturated carbocycles. The van der Waals surface area contributed by atoms with E-state index < -0.39 is 36.1 Å². The van der Waals surface area contributed by atoms with Gasteiger partial charge in [0.2, 0.25) is 0 Å². The molecule has 1 heterocycles. The number of aliphatic hydroxyl groups excluding tert-OH is 2. The van der Waals surface area contributed by atoms with Crippen LogP contribution in [0.1, 0.15) is 27.7 Å². The number of carbonyl (C=O) groups is 1. The fourth-order valence-corrected chi connectivity index (χ4v) is 2.84. The van der Waals surface area contributed by atoms with E-state index in [1.807, 2.05) is 0 Å². The van der Waals surface area contributed by atoms with Crippen LogP contribution in [0.4, 0.5) is 18.9 Å². The summed E-state index contributed by atoms with van der Waals surface area (Å²) in [6.45, 7) is 6.31. The maximum atomic E-state index is 13.3. The normalized spacial score (nSPS) is 12.1. The Balaban J connectivity index is 1.94. The van der Waals surface area contributed by atoms with Gasteiger partial charge < -0.3 is 20.7 Å². The van der Waals surface area contributed by atoms with E-state index >= 15 is 0 Å². The zero-order chi connectivity index (χ0) is 23.5. The molecule has 1 amide bonds. The van der Waals surface area contributed by atoms with Gasteiger partial charge in [-0.1, -0.05) is 6.07 Å². The van der Waals surface area contributed by atoms with Crippen molar-refractivity contribution in [2.45, 2.75) is 12.3 Å². The molecule has 3 rings (SSSR count). The summed E-state index contributed by atoms with van der Waals surface area (Å²) in [5.41, 5.74) is 4.85. The number of aromatic nitrogens is 1. The molecule has 0 unspecified atom stereocenters. The Morgan fingerprint density at radius 3 is 2.41 bits per heavy atom. The standard InChI is InChI=1S/C22H16F3N3O4/c1-27-14-4-7-20(16(10-14)22(23,24)25)32-15-5-2-12(3-6-15)17-8-13(19(30)11-29)9-18(28-17)21(26)31/h2-10,19,29-30H,11H2,(H2,26,31)/t19-/m0/s1. The molecule has 10 heteroatoms. The van der Waals surface area contributed by atoms with Crippen LogP contribution in [0.15, 0.2) is 54.6 Å². The van der Waals surface area contributed by atoms with Gasteiger partial charge in [-0.3, -0.25) is 4.79 Å². The van der Waals surface area contributed by atoms with Crippen LogP contribution in [0.2, 0.25) is 0 Å². The SMILES string of the molecule is [C-]#[N+]c1ccc(Oc2ccc(-c3cc([C@@H](O)CO)cc(C(N)=O)n3)cc2)c(C(F)(F)F)c1. The average molecular weight is 443 g/mol. The van der Waals surface area contributed by atoms with Crippen LogP contribution in [0.25, 0.3) is 16.1 Å². The summed E-state index contributed by atoms with van der Waals surface area (Å²) >= 11 is 0. The van der Waals surface area contributed by atoms with E-state index in [1.165, 1.54) is 42.5 Å². The van der Waals surface area contributed by atoms with Gasteiger partial charge >= 0.3 is 6.18 Å². The summed E-state index contributed by atoms with van der Waals surface area (Å²) in [6.07, 6.45) is -5.96. The smallest absolute Gasteiger partial charge is 0.418 e. The number of alkyl halides is 3. The monoisotopic (exact) mass is 443 g/mol. The van der Waals surface area contributed by atoms with E-state index in [2.05, 4.69) is 9.83 Å². The Morgan fingerprint density at radius 2 is 1.84 bits per heavy atom. The van der Waals surface area contributed by atoms with Crippen molar-refractivity contribution in [3.8, 4) is 22.8 Å². The van der Waals surface area contributed by atoms with E-state index in [0.29, 0.717) is 11.6 Å². The highest BCUT2D eigenvalue weighted by Crippen LogP contribution is 2.40. The number of halogens is 3. The van der Waals surface area contributed by atoms with Crippen LogP contribution in [-0.4, -0.2) is 27.7 Å². The highest BCUT2D eigenvalue weighted by molar-refractivity contribution is 5.91. The number of amides is 1. The summed E-state index contributed by atoms with van der Waals surface area (Å²) in [4.78, 5) is 18.7. The molecule has 3 aromatic rings. The van der Waals surface area contributed by atoms with Crippen molar-refractivity contribution < 1.29 is 32.9 Å². The molecule has 0 fully saturated rings. The molecule has 7 nitrogen and oxygen atoms in total. The number of primary amides is 1. The Bertz CT molecular complexity index is 1190. The van der Waals surface area contributed by atoms with Gasteiger partial charge in [0.1, 0.15) is 23.3 Å². The maximum absolute atomic E-state index is 13.3. The van der Waals surface area contributed by atoms with Gasteiger partial charge in [0.05, 0.1) is 24.4 Å². The van der Waals surface area contributed by atoms with Crippen molar-refractivity contribution in [2.75, 3.05) is 6.61 Å². The fraction of sp³-hybridized carbons (Fsp3) is 0.136. The van der Waals surface area contributed by atoms with Gasteiger partial charge in [-0.15, -0.1) is 0 Å². The maximum Gasteiger partial charge on any atom is 0.418 e. The van der Waals surface area contributed by atoms with Gasteiger partial charge in [-0.2, -0.15) is 13.2 Å². The largest absolute Gasteiger partial charge is 0.457 e. The fourth-order valence-electron chi connectivity index (χ4n) is 2.84. The number of rotatable bonds is 6. The van der Waals surface area contributed by atoms with Gasteiger partial charge in [0.25, 0.3) is 5.91 Å². The third-order valence-electron chi connectivity index (χ3n) is 4.43. The molecule has 0 aliphatic heterocycles. The lowest BCUT2D eigenvalue weighted by atomic mass is 10.0. The number of aliphatic hydroxyl groups is 2. The molecule has 0 spiro atoms. The number of hydrogen-bond acceptors (Lipinski definition) is 5. The average Bonchev–Trinajstić information content (AvgIpc) is 2.78. The van der Waals surface area contributed by atoms with Crippen LogP contribution < -0.4 is 10.5 Å². The first-order valence-corrected chi connectivity index (χ1v) is 9.10. The lowest BCUT2D eigenvalue weighted by molar-refractivity contribution is -0.138. The first-order valence-electron chi connectivity index (χ1n) is 9.10. The van der Waals surface area contributed by atoms with E-state index in [9.17, 15) is 23.1 Å². The molecule has 32 heavy (non-hydrogen) atoms. The van der Waals surface area contributed by atoms with Gasteiger partial charge in [0.15, 0.2) is 5.69 Å². The second kappa shape index (κ2) is 9.05. The minimum atomic E-state index is -4.71.